The molecule has 2 heteroatoms. The Bertz CT molecular complexity index is 1590. The smallest absolute Gasteiger partial charge is 0.171 e. The molecule has 0 aromatic heterocycles. The van der Waals surface area contributed by atoms with Crippen LogP contribution >= 0.6 is 0 Å². The van der Waals surface area contributed by atoms with Crippen LogP contribution in [0.1, 0.15) is 11.1 Å². The Kier molecular flexibility index (Phi) is 13.0. The molecule has 0 saturated heterocycles. The van der Waals surface area contributed by atoms with Gasteiger partial charge in [0.15, 0.2) is 0 Å². The molecule has 202 valence electrons. The van der Waals surface area contributed by atoms with Gasteiger partial charge in [-0.2, -0.15) is 48.5 Å². The molecule has 7 aromatic carbocycles. The van der Waals surface area contributed by atoms with Crippen LogP contribution in [0.3, 0.4) is 0 Å². The minimum atomic E-state index is 0. The van der Waals surface area contributed by atoms with Crippen molar-refractivity contribution in [3.63, 3.8) is 0 Å². The number of rotatable bonds is 2. The Balaban J connectivity index is 0.000000176. The van der Waals surface area contributed by atoms with Crippen molar-refractivity contribution in [3.8, 4) is 22.3 Å². The maximum Gasteiger partial charge on any atom is -0.171 e. The molecule has 41 heavy (non-hydrogen) atoms. The van der Waals surface area contributed by atoms with Crippen LogP contribution in [0.15, 0.2) is 152 Å². The first-order valence-corrected chi connectivity index (χ1v) is 17.5. The van der Waals surface area contributed by atoms with E-state index in [1.807, 2.05) is 30.3 Å². The van der Waals surface area contributed by atoms with Crippen molar-refractivity contribution < 1.29 is 23.3 Å². The Morgan fingerprint density at radius 1 is 0.512 bits per heavy atom. The van der Waals surface area contributed by atoms with Crippen LogP contribution in [-0.2, 0) is 23.3 Å². The molecule has 0 saturated carbocycles. The van der Waals surface area contributed by atoms with Gasteiger partial charge in [-0.3, -0.25) is 0 Å². The van der Waals surface area contributed by atoms with Gasteiger partial charge in [0.05, 0.1) is 0 Å². The van der Waals surface area contributed by atoms with Crippen LogP contribution in [0.4, 0.5) is 0 Å². The summed E-state index contributed by atoms with van der Waals surface area (Å²) in [6.07, 6.45) is 0. The van der Waals surface area contributed by atoms with Gasteiger partial charge in [0, 0.05) is 0 Å². The second-order valence-electron chi connectivity index (χ2n) is 9.49. The minimum Gasteiger partial charge on any atom is -0.184 e. The number of benzene rings is 5. The summed E-state index contributed by atoms with van der Waals surface area (Å²) in [5.74, 6) is 0. The van der Waals surface area contributed by atoms with Crippen LogP contribution in [0.5, 0.6) is 0 Å². The van der Waals surface area contributed by atoms with Gasteiger partial charge in [-0.15, -0.1) is 69.1 Å². The predicted molar refractivity (Wildman–Crippen MR) is 177 cm³/mol. The van der Waals surface area contributed by atoms with E-state index in [1.54, 1.807) is 0 Å². The summed E-state index contributed by atoms with van der Waals surface area (Å²) in [6.45, 7) is 7.36. The zero-order valence-corrected chi connectivity index (χ0v) is 27.4. The summed E-state index contributed by atoms with van der Waals surface area (Å²) in [6, 6.07) is 55.6. The molecule has 0 spiro atoms. The third kappa shape index (κ3) is 8.70. The fourth-order valence-corrected chi connectivity index (χ4v) is 4.85. The largest absolute Gasteiger partial charge is 0.184 e. The van der Waals surface area contributed by atoms with Crippen molar-refractivity contribution in [1.82, 2.24) is 0 Å². The molecule has 0 bridgehead atoms. The fourth-order valence-electron chi connectivity index (χ4n) is 4.85. The molecule has 0 aliphatic rings. The van der Waals surface area contributed by atoms with E-state index in [2.05, 4.69) is 148 Å². The summed E-state index contributed by atoms with van der Waals surface area (Å²) in [5.41, 5.74) is 7.89. The van der Waals surface area contributed by atoms with Gasteiger partial charge in [-0.25, -0.2) is 0 Å². The fraction of sp³-hybridized carbons (Fsp3) is 0.0513. The number of hydrogen-bond donors (Lipinski definition) is 0. The summed E-state index contributed by atoms with van der Waals surface area (Å²) in [4.78, 5) is 0. The Morgan fingerprint density at radius 3 is 1.24 bits per heavy atom. The van der Waals surface area contributed by atoms with Gasteiger partial charge < -0.3 is 7.43 Å². The quantitative estimate of drug-likeness (QED) is 0.133. The van der Waals surface area contributed by atoms with Gasteiger partial charge in [0.25, 0.3) is 0 Å². The van der Waals surface area contributed by atoms with Gasteiger partial charge >= 0.3 is 30.2 Å². The second-order valence-corrected chi connectivity index (χ2v) is 9.49. The average molecular weight is 622 g/mol. The first-order valence-electron chi connectivity index (χ1n) is 13.3. The van der Waals surface area contributed by atoms with E-state index in [4.69, 9.17) is 0 Å². The number of aryl methyl sites for hydroxylation is 2. The monoisotopic (exact) mass is 620 g/mol. The maximum atomic E-state index is 3.06. The van der Waals surface area contributed by atoms with E-state index in [0.29, 0.717) is 0 Å². The third-order valence-corrected chi connectivity index (χ3v) is 6.57. The van der Waals surface area contributed by atoms with E-state index in [9.17, 15) is 0 Å². The van der Waals surface area contributed by atoms with E-state index >= 15 is 0 Å². The molecular weight excluding hydrogens is 588 g/mol. The Morgan fingerprint density at radius 2 is 0.902 bits per heavy atom. The van der Waals surface area contributed by atoms with E-state index in [1.165, 1.54) is 78.3 Å². The van der Waals surface area contributed by atoms with Crippen LogP contribution in [0.2, 0.25) is 0 Å². The first kappa shape index (κ1) is 31.9. The van der Waals surface area contributed by atoms with Crippen molar-refractivity contribution in [2.24, 2.45) is 0 Å². The van der Waals surface area contributed by atoms with Crippen molar-refractivity contribution in [1.29, 1.82) is 0 Å². The SMILES string of the molecule is Cc1cc2c(-c3ccccc3)cccc2[cH-]1.Cc1cc2c(-c3ccccc3)cccc2[cH-]1.[CH3-].[Si]=[Zr].[c-]1ccccc1. The predicted octanol–water partition coefficient (Wildman–Crippen LogP) is 10.6. The third-order valence-electron chi connectivity index (χ3n) is 6.57. The normalized spacial score (nSPS) is 9.68. The zero-order valence-electron chi connectivity index (χ0n) is 23.9. The molecule has 2 radical (unpaired) electrons. The summed E-state index contributed by atoms with van der Waals surface area (Å²) in [5, 5.41) is 5.37. The minimum absolute atomic E-state index is 0. The molecule has 0 atom stereocenters. The van der Waals surface area contributed by atoms with Crippen molar-refractivity contribution in [2.45, 2.75) is 13.8 Å². The topological polar surface area (TPSA) is 0 Å². The molecule has 7 aromatic rings. The molecule has 0 amide bonds. The molecular formula is C39H34SiZr-4. The van der Waals surface area contributed by atoms with Crippen molar-refractivity contribution in [2.75, 3.05) is 0 Å². The van der Waals surface area contributed by atoms with Gasteiger partial charge in [0.1, 0.15) is 0 Å². The summed E-state index contributed by atoms with van der Waals surface area (Å²) < 4.78 is 0. The zero-order chi connectivity index (χ0) is 28.2. The maximum absolute atomic E-state index is 3.06. The molecule has 7 rings (SSSR count). The van der Waals surface area contributed by atoms with Crippen LogP contribution in [-0.4, -0.2) is 6.88 Å². The first-order chi connectivity index (χ1) is 19.7. The molecule has 0 fully saturated rings. The summed E-state index contributed by atoms with van der Waals surface area (Å²) in [7, 11) is 0. The van der Waals surface area contributed by atoms with Crippen LogP contribution < -0.4 is 0 Å². The average Bonchev–Trinajstić information content (AvgIpc) is 3.61. The van der Waals surface area contributed by atoms with Crippen molar-refractivity contribution in [3.05, 3.63) is 176 Å². The van der Waals surface area contributed by atoms with Gasteiger partial charge in [-0.1, -0.05) is 97.8 Å². The van der Waals surface area contributed by atoms with Crippen LogP contribution in [0, 0.1) is 27.3 Å². The van der Waals surface area contributed by atoms with Gasteiger partial charge in [0.2, 0.25) is 0 Å². The Labute approximate surface area is 262 Å². The van der Waals surface area contributed by atoms with E-state index < -0.39 is 0 Å². The molecule has 0 aliphatic heterocycles. The van der Waals surface area contributed by atoms with Crippen LogP contribution in [0.25, 0.3) is 43.8 Å². The molecule has 0 N–H and O–H groups in total. The second kappa shape index (κ2) is 16.6. The molecule has 0 aliphatic carbocycles. The van der Waals surface area contributed by atoms with Gasteiger partial charge in [-0.05, 0) is 11.1 Å². The molecule has 0 unspecified atom stereocenters. The number of fused-ring (bicyclic) bond motifs is 2. The number of hydrogen-bond acceptors (Lipinski definition) is 0. The van der Waals surface area contributed by atoms with E-state index in [-0.39, 0.29) is 7.43 Å². The Hall–Kier alpha value is -3.58. The van der Waals surface area contributed by atoms with Crippen molar-refractivity contribution >= 4 is 28.4 Å². The molecule has 0 heterocycles. The standard InChI is InChI=1S/2C16H13.C6H5.CH3.Si.Zr/c2*1-12-10-14-8-5-9-15(16(14)11-12)13-6-3-2-4-7-13;1-2-4-6-5-3-1;;;/h2*2-11H,1H3;1-5H;1H3;;/q4*-1;;. The van der Waals surface area contributed by atoms with E-state index in [0.717, 1.165) is 0 Å². The molecule has 0 nitrogen and oxygen atoms in total. The summed E-state index contributed by atoms with van der Waals surface area (Å²) >= 11 is 1.36.